The quantitative estimate of drug-likeness (QED) is 0.858. The van der Waals surface area contributed by atoms with Crippen molar-refractivity contribution in [2.45, 2.75) is 12.8 Å². The highest BCUT2D eigenvalue weighted by Gasteiger charge is 2.19. The maximum Gasteiger partial charge on any atom is 0.275 e. The Hall–Kier alpha value is -2.95. The van der Waals surface area contributed by atoms with Gasteiger partial charge in [0.25, 0.3) is 5.91 Å². The third kappa shape index (κ3) is 3.68. The van der Waals surface area contributed by atoms with Crippen LogP contribution in [-0.2, 0) is 11.2 Å². The van der Waals surface area contributed by atoms with Crippen LogP contribution in [0.15, 0.2) is 59.2 Å². The normalized spacial score (nSPS) is 15.3. The fraction of sp³-hybridized carbons (Fsp3) is 0.158. The van der Waals surface area contributed by atoms with E-state index in [0.29, 0.717) is 29.9 Å². The van der Waals surface area contributed by atoms with Crippen LogP contribution >= 0.6 is 0 Å². The van der Waals surface area contributed by atoms with Gasteiger partial charge < -0.3 is 10.1 Å². The molecule has 5 heteroatoms. The lowest BCUT2D eigenvalue weighted by Crippen LogP contribution is -2.24. The largest absolute Gasteiger partial charge is 0.497 e. The number of aryl methyl sites for hydroxylation is 1. The summed E-state index contributed by atoms with van der Waals surface area (Å²) in [5, 5.41) is 2.73. The second-order valence-corrected chi connectivity index (χ2v) is 5.41. The van der Waals surface area contributed by atoms with Crippen LogP contribution in [0.1, 0.15) is 17.5 Å². The zero-order chi connectivity index (χ0) is 16.9. The Morgan fingerprint density at radius 3 is 2.58 bits per heavy atom. The van der Waals surface area contributed by atoms with E-state index in [4.69, 9.17) is 4.74 Å². The summed E-state index contributed by atoms with van der Waals surface area (Å²) in [6.45, 7) is 0. The number of hydrogen-bond donors (Lipinski definition) is 1. The van der Waals surface area contributed by atoms with Gasteiger partial charge in [0.15, 0.2) is 0 Å². The number of rotatable bonds is 5. The number of benzene rings is 2. The Balaban J connectivity index is 1.70. The summed E-state index contributed by atoms with van der Waals surface area (Å²) >= 11 is 0. The van der Waals surface area contributed by atoms with Crippen LogP contribution in [0, 0.1) is 5.82 Å². The summed E-state index contributed by atoms with van der Waals surface area (Å²) < 4.78 is 18.7. The zero-order valence-electron chi connectivity index (χ0n) is 13.3. The Labute approximate surface area is 139 Å². The Morgan fingerprint density at radius 2 is 1.88 bits per heavy atom. The molecule has 0 radical (unpaired) electrons. The molecule has 4 nitrogen and oxygen atoms in total. The highest BCUT2D eigenvalue weighted by Crippen LogP contribution is 2.17. The third-order valence-corrected chi connectivity index (χ3v) is 3.75. The molecular weight excluding hydrogens is 307 g/mol. The van der Waals surface area contributed by atoms with Gasteiger partial charge in [0.05, 0.1) is 7.11 Å². The van der Waals surface area contributed by atoms with Crippen molar-refractivity contribution >= 4 is 17.8 Å². The van der Waals surface area contributed by atoms with E-state index < -0.39 is 0 Å². The number of carbonyl (C=O) groups is 1. The first kappa shape index (κ1) is 15.9. The van der Waals surface area contributed by atoms with E-state index in [1.54, 1.807) is 31.4 Å². The van der Waals surface area contributed by atoms with Crippen molar-refractivity contribution in [3.63, 3.8) is 0 Å². The highest BCUT2D eigenvalue weighted by molar-refractivity contribution is 6.14. The molecule has 0 aromatic heterocycles. The molecule has 0 atom stereocenters. The number of nitrogens with zero attached hydrogens (tertiary/aromatic N) is 1. The lowest BCUT2D eigenvalue weighted by Gasteiger charge is -2.02. The molecule has 0 aliphatic carbocycles. The molecule has 0 saturated heterocycles. The van der Waals surface area contributed by atoms with Crippen molar-refractivity contribution < 1.29 is 13.9 Å². The molecule has 1 aliphatic rings. The number of nitrogens with one attached hydrogen (secondary N) is 1. The predicted octanol–water partition coefficient (Wildman–Crippen LogP) is 3.34. The highest BCUT2D eigenvalue weighted by atomic mass is 19.1. The second-order valence-electron chi connectivity index (χ2n) is 5.41. The molecule has 1 N–H and O–H groups in total. The molecule has 1 aliphatic heterocycles. The number of amides is 1. The van der Waals surface area contributed by atoms with Gasteiger partial charge in [-0.05, 0) is 41.8 Å². The number of carbonyl (C=O) groups excluding carboxylic acids is 1. The predicted molar refractivity (Wildman–Crippen MR) is 91.3 cm³/mol. The van der Waals surface area contributed by atoms with Gasteiger partial charge in [-0.25, -0.2) is 9.38 Å². The van der Waals surface area contributed by atoms with Crippen molar-refractivity contribution in [2.75, 3.05) is 7.11 Å². The van der Waals surface area contributed by atoms with Gasteiger partial charge in [-0.15, -0.1) is 0 Å². The summed E-state index contributed by atoms with van der Waals surface area (Å²) in [5.41, 5.74) is 1.82. The maximum atomic E-state index is 13.6. The number of ether oxygens (including phenoxy) is 1. The second kappa shape index (κ2) is 7.08. The average molecular weight is 324 g/mol. The number of methoxy groups -OCH3 is 1. The van der Waals surface area contributed by atoms with E-state index in [2.05, 4.69) is 10.3 Å². The molecule has 0 saturated carbocycles. The van der Waals surface area contributed by atoms with Crippen LogP contribution < -0.4 is 10.1 Å². The van der Waals surface area contributed by atoms with Gasteiger partial charge >= 0.3 is 0 Å². The van der Waals surface area contributed by atoms with E-state index in [0.717, 1.165) is 11.3 Å². The van der Waals surface area contributed by atoms with E-state index in [9.17, 15) is 9.18 Å². The number of hydrogen-bond acceptors (Lipinski definition) is 3. The summed E-state index contributed by atoms with van der Waals surface area (Å²) in [5.74, 6) is 0.830. The Morgan fingerprint density at radius 1 is 1.12 bits per heavy atom. The smallest absolute Gasteiger partial charge is 0.275 e. The molecule has 0 fully saturated rings. The molecule has 0 unspecified atom stereocenters. The van der Waals surface area contributed by atoms with Crippen molar-refractivity contribution in [2.24, 2.45) is 4.99 Å². The molecule has 2 aromatic carbocycles. The average Bonchev–Trinajstić information content (AvgIpc) is 2.94. The summed E-state index contributed by atoms with van der Waals surface area (Å²) in [4.78, 5) is 16.3. The van der Waals surface area contributed by atoms with Crippen molar-refractivity contribution in [3.8, 4) is 5.75 Å². The van der Waals surface area contributed by atoms with Crippen molar-refractivity contribution in [1.29, 1.82) is 0 Å². The summed E-state index contributed by atoms with van der Waals surface area (Å²) in [7, 11) is 1.60. The topological polar surface area (TPSA) is 50.7 Å². The zero-order valence-corrected chi connectivity index (χ0v) is 13.3. The van der Waals surface area contributed by atoms with Gasteiger partial charge in [-0.3, -0.25) is 4.79 Å². The molecule has 2 aromatic rings. The molecular formula is C19H17FN2O2. The first-order valence-corrected chi connectivity index (χ1v) is 7.64. The van der Waals surface area contributed by atoms with Crippen LogP contribution in [0.5, 0.6) is 5.75 Å². The van der Waals surface area contributed by atoms with Crippen LogP contribution in [0.4, 0.5) is 4.39 Å². The number of aliphatic imine (C=N–C) groups is 1. The fourth-order valence-electron chi connectivity index (χ4n) is 2.45. The van der Waals surface area contributed by atoms with E-state index >= 15 is 0 Å². The first-order chi connectivity index (χ1) is 11.7. The Kier molecular flexibility index (Phi) is 4.70. The van der Waals surface area contributed by atoms with Crippen molar-refractivity contribution in [3.05, 3.63) is 71.2 Å². The number of halogens is 1. The van der Waals surface area contributed by atoms with Gasteiger partial charge in [-0.2, -0.15) is 0 Å². The lowest BCUT2D eigenvalue weighted by molar-refractivity contribution is -0.115. The van der Waals surface area contributed by atoms with Crippen LogP contribution in [0.2, 0.25) is 0 Å². The summed E-state index contributed by atoms with van der Waals surface area (Å²) in [6.07, 6.45) is 2.68. The minimum Gasteiger partial charge on any atom is -0.497 e. The van der Waals surface area contributed by atoms with Crippen LogP contribution in [0.3, 0.4) is 0 Å². The molecule has 122 valence electrons. The SMILES string of the molecule is COc1ccc(/C=C2/N=C(CCc3ccccc3F)NC2=O)cc1. The Bertz CT molecular complexity index is 810. The van der Waals surface area contributed by atoms with Gasteiger partial charge in [-0.1, -0.05) is 30.3 Å². The van der Waals surface area contributed by atoms with Gasteiger partial charge in [0.2, 0.25) is 0 Å². The van der Waals surface area contributed by atoms with Crippen molar-refractivity contribution in [1.82, 2.24) is 5.32 Å². The molecule has 0 spiro atoms. The number of amidine groups is 1. The first-order valence-electron chi connectivity index (χ1n) is 7.64. The van der Waals surface area contributed by atoms with E-state index in [1.807, 2.05) is 24.3 Å². The minimum absolute atomic E-state index is 0.239. The van der Waals surface area contributed by atoms with E-state index in [1.165, 1.54) is 6.07 Å². The van der Waals surface area contributed by atoms with Crippen LogP contribution in [0.25, 0.3) is 6.08 Å². The molecule has 1 heterocycles. The maximum absolute atomic E-state index is 13.6. The third-order valence-electron chi connectivity index (χ3n) is 3.75. The minimum atomic E-state index is -0.241. The van der Waals surface area contributed by atoms with Gasteiger partial charge in [0, 0.05) is 6.42 Å². The molecule has 3 rings (SSSR count). The van der Waals surface area contributed by atoms with Gasteiger partial charge in [0.1, 0.15) is 23.1 Å². The molecule has 1 amide bonds. The fourth-order valence-corrected chi connectivity index (χ4v) is 2.45. The summed E-state index contributed by atoms with van der Waals surface area (Å²) in [6, 6.07) is 14.0. The van der Waals surface area contributed by atoms with Crippen LogP contribution in [-0.4, -0.2) is 18.9 Å². The lowest BCUT2D eigenvalue weighted by atomic mass is 10.1. The van der Waals surface area contributed by atoms with E-state index in [-0.39, 0.29) is 11.7 Å². The molecule has 0 bridgehead atoms. The standard InChI is InChI=1S/C19H17FN2O2/c1-24-15-9-6-13(7-10-15)12-17-19(23)22-18(21-17)11-8-14-4-2-3-5-16(14)20/h2-7,9-10,12H,8,11H2,1H3,(H,21,22,23)/b17-12+. The molecule has 24 heavy (non-hydrogen) atoms. The monoisotopic (exact) mass is 324 g/mol.